The molecule has 0 heterocycles. The molecule has 2 heteroatoms. The van der Waals surface area contributed by atoms with E-state index in [0.717, 1.165) is 25.5 Å². The Morgan fingerprint density at radius 2 is 2.08 bits per heavy atom. The van der Waals surface area contributed by atoms with Crippen molar-refractivity contribution in [2.24, 2.45) is 17.1 Å². The third kappa shape index (κ3) is 3.28. The summed E-state index contributed by atoms with van der Waals surface area (Å²) in [5.41, 5.74) is 6.15. The first-order valence-electron chi connectivity index (χ1n) is 5.40. The lowest BCUT2D eigenvalue weighted by Gasteiger charge is -2.28. The summed E-state index contributed by atoms with van der Waals surface area (Å²) < 4.78 is 5.56. The maximum Gasteiger partial charge on any atom is 0.0518 e. The van der Waals surface area contributed by atoms with Crippen molar-refractivity contribution in [1.29, 1.82) is 0 Å². The van der Waals surface area contributed by atoms with E-state index in [2.05, 4.69) is 20.8 Å². The molecule has 2 N–H and O–H groups in total. The Kier molecular flexibility index (Phi) is 3.74. The van der Waals surface area contributed by atoms with Gasteiger partial charge in [-0.25, -0.2) is 0 Å². The minimum atomic E-state index is 0.342. The summed E-state index contributed by atoms with van der Waals surface area (Å²) in [5, 5.41) is 0. The Hall–Kier alpha value is -0.0800. The summed E-state index contributed by atoms with van der Waals surface area (Å²) in [7, 11) is 0. The van der Waals surface area contributed by atoms with Gasteiger partial charge in [0.2, 0.25) is 0 Å². The molecule has 78 valence electrons. The molecule has 1 atom stereocenters. The summed E-state index contributed by atoms with van der Waals surface area (Å²) in [4.78, 5) is 0. The second-order valence-corrected chi connectivity index (χ2v) is 4.80. The molecule has 13 heavy (non-hydrogen) atoms. The van der Waals surface area contributed by atoms with Gasteiger partial charge in [-0.1, -0.05) is 6.92 Å². The Labute approximate surface area is 81.8 Å². The average Bonchev–Trinajstić information content (AvgIpc) is 2.85. The Balaban J connectivity index is 2.23. The maximum absolute atomic E-state index is 5.81. The van der Waals surface area contributed by atoms with Crippen LogP contribution in [0.4, 0.5) is 0 Å². The highest BCUT2D eigenvalue weighted by molar-refractivity contribution is 4.91. The second kappa shape index (κ2) is 4.43. The first-order chi connectivity index (χ1) is 6.08. The van der Waals surface area contributed by atoms with Gasteiger partial charge in [-0.05, 0) is 51.0 Å². The topological polar surface area (TPSA) is 35.2 Å². The van der Waals surface area contributed by atoms with Crippen molar-refractivity contribution in [3.8, 4) is 0 Å². The van der Waals surface area contributed by atoms with E-state index in [1.165, 1.54) is 12.8 Å². The van der Waals surface area contributed by atoms with Crippen molar-refractivity contribution < 1.29 is 4.74 Å². The van der Waals surface area contributed by atoms with Crippen LogP contribution in [0.5, 0.6) is 0 Å². The summed E-state index contributed by atoms with van der Waals surface area (Å²) in [6.45, 7) is 8.13. The molecule has 0 aromatic heterocycles. The SMILES string of the molecule is CC(C)OCCC(C)(CN)C1CC1. The van der Waals surface area contributed by atoms with Crippen molar-refractivity contribution in [1.82, 2.24) is 0 Å². The van der Waals surface area contributed by atoms with Gasteiger partial charge in [-0.2, -0.15) is 0 Å². The predicted octanol–water partition coefficient (Wildman–Crippen LogP) is 2.18. The van der Waals surface area contributed by atoms with Gasteiger partial charge in [-0.15, -0.1) is 0 Å². The van der Waals surface area contributed by atoms with Crippen LogP contribution in [-0.2, 0) is 4.74 Å². The summed E-state index contributed by atoms with van der Waals surface area (Å²) >= 11 is 0. The highest BCUT2D eigenvalue weighted by Crippen LogP contribution is 2.46. The number of ether oxygens (including phenoxy) is 1. The average molecular weight is 185 g/mol. The van der Waals surface area contributed by atoms with Crippen molar-refractivity contribution in [3.05, 3.63) is 0 Å². The quantitative estimate of drug-likeness (QED) is 0.688. The Bertz CT molecular complexity index is 154. The van der Waals surface area contributed by atoms with E-state index in [1.54, 1.807) is 0 Å². The standard InChI is InChI=1S/C11H23NO/c1-9(2)13-7-6-11(3,8-12)10-4-5-10/h9-10H,4-8,12H2,1-3H3. The first kappa shape index (κ1) is 11.0. The lowest BCUT2D eigenvalue weighted by molar-refractivity contribution is 0.0510. The molecular weight excluding hydrogens is 162 g/mol. The molecule has 0 saturated heterocycles. The van der Waals surface area contributed by atoms with Gasteiger partial charge >= 0.3 is 0 Å². The lowest BCUT2D eigenvalue weighted by atomic mass is 9.82. The molecule has 0 bridgehead atoms. The fraction of sp³-hybridized carbons (Fsp3) is 1.00. The predicted molar refractivity (Wildman–Crippen MR) is 55.6 cm³/mol. The van der Waals surface area contributed by atoms with E-state index in [1.807, 2.05) is 0 Å². The molecule has 0 aromatic rings. The largest absolute Gasteiger partial charge is 0.379 e. The number of nitrogens with two attached hydrogens (primary N) is 1. The van der Waals surface area contributed by atoms with Crippen molar-refractivity contribution in [2.75, 3.05) is 13.2 Å². The molecular formula is C11H23NO. The van der Waals surface area contributed by atoms with Crippen LogP contribution in [0.3, 0.4) is 0 Å². The van der Waals surface area contributed by atoms with Crippen molar-refractivity contribution in [3.63, 3.8) is 0 Å². The smallest absolute Gasteiger partial charge is 0.0518 e. The number of rotatable bonds is 6. The molecule has 2 nitrogen and oxygen atoms in total. The van der Waals surface area contributed by atoms with E-state index in [0.29, 0.717) is 11.5 Å². The lowest BCUT2D eigenvalue weighted by Crippen LogP contribution is -2.31. The number of hydrogen-bond donors (Lipinski definition) is 1. The highest BCUT2D eigenvalue weighted by Gasteiger charge is 2.39. The first-order valence-corrected chi connectivity index (χ1v) is 5.40. The van der Waals surface area contributed by atoms with Crippen molar-refractivity contribution in [2.45, 2.75) is 46.1 Å². The second-order valence-electron chi connectivity index (χ2n) is 4.80. The zero-order valence-corrected chi connectivity index (χ0v) is 9.18. The summed E-state index contributed by atoms with van der Waals surface area (Å²) in [6, 6.07) is 0. The fourth-order valence-corrected chi connectivity index (χ4v) is 1.78. The Morgan fingerprint density at radius 3 is 2.46 bits per heavy atom. The summed E-state index contributed by atoms with van der Waals surface area (Å²) in [5.74, 6) is 0.869. The monoisotopic (exact) mass is 185 g/mol. The van der Waals surface area contributed by atoms with Crippen LogP contribution in [0.2, 0.25) is 0 Å². The normalized spacial score (nSPS) is 21.9. The maximum atomic E-state index is 5.81. The van der Waals surface area contributed by atoms with Crippen molar-refractivity contribution >= 4 is 0 Å². The van der Waals surface area contributed by atoms with Gasteiger partial charge in [-0.3, -0.25) is 0 Å². The fourth-order valence-electron chi connectivity index (χ4n) is 1.78. The van der Waals surface area contributed by atoms with E-state index in [4.69, 9.17) is 10.5 Å². The van der Waals surface area contributed by atoms with Crippen LogP contribution in [0.15, 0.2) is 0 Å². The molecule has 1 aliphatic rings. The highest BCUT2D eigenvalue weighted by atomic mass is 16.5. The molecule has 1 fully saturated rings. The zero-order valence-electron chi connectivity index (χ0n) is 9.18. The summed E-state index contributed by atoms with van der Waals surface area (Å²) in [6.07, 6.45) is 4.21. The minimum Gasteiger partial charge on any atom is -0.379 e. The van der Waals surface area contributed by atoms with Gasteiger partial charge in [0.05, 0.1) is 6.10 Å². The molecule has 0 spiro atoms. The van der Waals surface area contributed by atoms with E-state index in [-0.39, 0.29) is 0 Å². The molecule has 0 radical (unpaired) electrons. The van der Waals surface area contributed by atoms with Crippen LogP contribution in [0.25, 0.3) is 0 Å². The number of hydrogen-bond acceptors (Lipinski definition) is 2. The molecule has 0 amide bonds. The molecule has 1 rings (SSSR count). The molecule has 1 aliphatic carbocycles. The van der Waals surface area contributed by atoms with Crippen LogP contribution in [0.1, 0.15) is 40.0 Å². The molecule has 1 unspecified atom stereocenters. The van der Waals surface area contributed by atoms with E-state index >= 15 is 0 Å². The molecule has 0 aromatic carbocycles. The molecule has 1 saturated carbocycles. The van der Waals surface area contributed by atoms with E-state index < -0.39 is 0 Å². The van der Waals surface area contributed by atoms with Crippen LogP contribution < -0.4 is 5.73 Å². The minimum absolute atomic E-state index is 0.342. The van der Waals surface area contributed by atoms with Crippen LogP contribution in [0, 0.1) is 11.3 Å². The zero-order chi connectivity index (χ0) is 9.90. The van der Waals surface area contributed by atoms with Gasteiger partial charge in [0, 0.05) is 6.61 Å². The third-order valence-corrected chi connectivity index (χ3v) is 3.15. The van der Waals surface area contributed by atoms with Gasteiger partial charge in [0.25, 0.3) is 0 Å². The Morgan fingerprint density at radius 1 is 1.46 bits per heavy atom. The molecule has 0 aliphatic heterocycles. The van der Waals surface area contributed by atoms with Crippen LogP contribution >= 0.6 is 0 Å². The van der Waals surface area contributed by atoms with E-state index in [9.17, 15) is 0 Å². The van der Waals surface area contributed by atoms with Crippen LogP contribution in [-0.4, -0.2) is 19.3 Å². The van der Waals surface area contributed by atoms with Gasteiger partial charge in [0.1, 0.15) is 0 Å². The van der Waals surface area contributed by atoms with Gasteiger partial charge < -0.3 is 10.5 Å². The van der Waals surface area contributed by atoms with Gasteiger partial charge in [0.15, 0.2) is 0 Å². The third-order valence-electron chi connectivity index (χ3n) is 3.15.